The molecule has 0 saturated carbocycles. The van der Waals surface area contributed by atoms with Gasteiger partial charge in [0.25, 0.3) is 0 Å². The zero-order chi connectivity index (χ0) is 25.2. The number of nitrogens with zero attached hydrogens (tertiary/aromatic N) is 6. The summed E-state index contributed by atoms with van der Waals surface area (Å²) in [5.41, 5.74) is 10.4. The number of aromatic nitrogens is 6. The number of piperazine rings is 1. The van der Waals surface area contributed by atoms with Gasteiger partial charge in [0, 0.05) is 66.0 Å². The van der Waals surface area contributed by atoms with Crippen LogP contribution < -0.4 is 10.2 Å². The lowest BCUT2D eigenvalue weighted by Gasteiger charge is -2.30. The van der Waals surface area contributed by atoms with Gasteiger partial charge in [-0.3, -0.25) is 10.1 Å². The number of benzene rings is 2. The van der Waals surface area contributed by atoms with E-state index in [0.29, 0.717) is 12.1 Å². The summed E-state index contributed by atoms with van der Waals surface area (Å²) in [6.45, 7) is 4.35. The van der Waals surface area contributed by atoms with E-state index in [2.05, 4.69) is 62.7 Å². The summed E-state index contributed by atoms with van der Waals surface area (Å²) in [6.07, 6.45) is 8.61. The quantitative estimate of drug-likeness (QED) is 0.361. The van der Waals surface area contributed by atoms with E-state index in [1.54, 1.807) is 12.4 Å². The molecule has 2 aliphatic rings. The van der Waals surface area contributed by atoms with E-state index in [-0.39, 0.29) is 0 Å². The van der Waals surface area contributed by atoms with Crippen LogP contribution in [0.25, 0.3) is 50.2 Å². The summed E-state index contributed by atoms with van der Waals surface area (Å²) in [4.78, 5) is 11.6. The molecule has 2 bridgehead atoms. The molecule has 8 rings (SSSR count). The fraction of sp³-hybridized carbons (Fsp3) is 0.200. The monoisotopic (exact) mass is 498 g/mol. The second-order valence-corrected chi connectivity index (χ2v) is 10.3. The summed E-state index contributed by atoms with van der Waals surface area (Å²) < 4.78 is 1.99. The molecule has 0 spiro atoms. The maximum absolute atomic E-state index is 5.18. The minimum absolute atomic E-state index is 0.597. The predicted molar refractivity (Wildman–Crippen MR) is 149 cm³/mol. The van der Waals surface area contributed by atoms with Crippen LogP contribution in [-0.4, -0.2) is 55.0 Å². The average molecular weight is 499 g/mol. The van der Waals surface area contributed by atoms with Crippen LogP contribution in [0, 0.1) is 6.92 Å². The van der Waals surface area contributed by atoms with Gasteiger partial charge in [-0.1, -0.05) is 18.2 Å². The lowest BCUT2D eigenvalue weighted by atomic mass is 9.99. The van der Waals surface area contributed by atoms with Crippen molar-refractivity contribution in [3.63, 3.8) is 0 Å². The summed E-state index contributed by atoms with van der Waals surface area (Å²) in [5.74, 6) is 0. The van der Waals surface area contributed by atoms with Gasteiger partial charge in [0.1, 0.15) is 5.69 Å². The highest BCUT2D eigenvalue weighted by atomic mass is 15.3. The Bertz CT molecular complexity index is 1820. The predicted octanol–water partition coefficient (Wildman–Crippen LogP) is 4.86. The van der Waals surface area contributed by atoms with Gasteiger partial charge in [0.2, 0.25) is 0 Å². The van der Waals surface area contributed by atoms with Crippen molar-refractivity contribution in [1.29, 1.82) is 0 Å². The zero-order valence-corrected chi connectivity index (χ0v) is 21.0. The Morgan fingerprint density at radius 2 is 1.89 bits per heavy atom. The van der Waals surface area contributed by atoms with Gasteiger partial charge in [0.05, 0.1) is 23.0 Å². The molecule has 6 aromatic rings. The number of pyridine rings is 1. The van der Waals surface area contributed by atoms with Gasteiger partial charge in [-0.2, -0.15) is 10.2 Å². The van der Waals surface area contributed by atoms with Crippen LogP contribution in [0.1, 0.15) is 12.0 Å². The molecule has 2 aromatic carbocycles. The molecule has 2 fully saturated rings. The second-order valence-electron chi connectivity index (χ2n) is 10.3. The number of hydrogen-bond acceptors (Lipinski definition) is 6. The van der Waals surface area contributed by atoms with Crippen molar-refractivity contribution in [1.82, 2.24) is 35.1 Å². The second kappa shape index (κ2) is 8.22. The van der Waals surface area contributed by atoms with Crippen LogP contribution in [0.15, 0.2) is 79.4 Å². The SMILES string of the molecule is Cc1cc(N2C[C@@H]3C[C@H]2CN3)ccc1-c1ccnc2c(-c3cccc4[nH]ncc34)c(-c3ccncc3)nn12. The van der Waals surface area contributed by atoms with Gasteiger partial charge in [-0.25, -0.2) is 9.50 Å². The number of fused-ring (bicyclic) bond motifs is 4. The molecule has 2 N–H and O–H groups in total. The minimum atomic E-state index is 0.597. The van der Waals surface area contributed by atoms with Gasteiger partial charge >= 0.3 is 0 Å². The first-order chi connectivity index (χ1) is 18.7. The van der Waals surface area contributed by atoms with E-state index in [4.69, 9.17) is 10.1 Å². The Hall–Kier alpha value is -4.56. The van der Waals surface area contributed by atoms with E-state index >= 15 is 0 Å². The first-order valence-electron chi connectivity index (χ1n) is 13.1. The number of rotatable bonds is 4. The minimum Gasteiger partial charge on any atom is -0.366 e. The summed E-state index contributed by atoms with van der Waals surface area (Å²) in [6, 6.07) is 20.3. The number of anilines is 1. The first-order valence-corrected chi connectivity index (χ1v) is 13.1. The Labute approximate surface area is 219 Å². The van der Waals surface area contributed by atoms with E-state index in [0.717, 1.165) is 63.3 Å². The van der Waals surface area contributed by atoms with Crippen molar-refractivity contribution >= 4 is 22.2 Å². The molecular weight excluding hydrogens is 472 g/mol. The molecular formula is C30H26N8. The van der Waals surface area contributed by atoms with E-state index in [1.807, 2.05) is 41.2 Å². The normalized spacial score (nSPS) is 18.7. The maximum Gasteiger partial charge on any atom is 0.164 e. The van der Waals surface area contributed by atoms with Crippen molar-refractivity contribution in [2.75, 3.05) is 18.0 Å². The molecule has 8 heteroatoms. The van der Waals surface area contributed by atoms with Gasteiger partial charge in [-0.15, -0.1) is 0 Å². The van der Waals surface area contributed by atoms with E-state index < -0.39 is 0 Å². The van der Waals surface area contributed by atoms with Crippen molar-refractivity contribution in [2.45, 2.75) is 25.4 Å². The largest absolute Gasteiger partial charge is 0.366 e. The summed E-state index contributed by atoms with van der Waals surface area (Å²) in [7, 11) is 0. The van der Waals surface area contributed by atoms with Crippen LogP contribution >= 0.6 is 0 Å². The summed E-state index contributed by atoms with van der Waals surface area (Å²) in [5, 5.41) is 17.2. The van der Waals surface area contributed by atoms with Crippen LogP contribution in [0.2, 0.25) is 0 Å². The smallest absolute Gasteiger partial charge is 0.164 e. The van der Waals surface area contributed by atoms with Gasteiger partial charge in [0.15, 0.2) is 5.65 Å². The lowest BCUT2D eigenvalue weighted by molar-refractivity contribution is 0.580. The molecule has 2 aliphatic heterocycles. The van der Waals surface area contributed by atoms with Crippen LogP contribution in [0.4, 0.5) is 5.69 Å². The third-order valence-corrected chi connectivity index (χ3v) is 8.10. The van der Waals surface area contributed by atoms with Crippen molar-refractivity contribution in [3.8, 4) is 33.6 Å². The van der Waals surface area contributed by atoms with Crippen LogP contribution in [0.3, 0.4) is 0 Å². The number of hydrogen-bond donors (Lipinski definition) is 2. The number of aromatic amines is 1. The molecule has 8 nitrogen and oxygen atoms in total. The Balaban J connectivity index is 1.33. The Morgan fingerprint density at radius 1 is 0.974 bits per heavy atom. The molecule has 0 aliphatic carbocycles. The highest BCUT2D eigenvalue weighted by molar-refractivity contribution is 6.02. The van der Waals surface area contributed by atoms with Gasteiger partial charge < -0.3 is 10.2 Å². The van der Waals surface area contributed by atoms with Crippen molar-refractivity contribution in [3.05, 3.63) is 84.9 Å². The van der Waals surface area contributed by atoms with Crippen molar-refractivity contribution < 1.29 is 0 Å². The van der Waals surface area contributed by atoms with Crippen LogP contribution in [0.5, 0.6) is 0 Å². The third-order valence-electron chi connectivity index (χ3n) is 8.10. The van der Waals surface area contributed by atoms with Crippen molar-refractivity contribution in [2.24, 2.45) is 0 Å². The molecule has 2 saturated heterocycles. The molecule has 38 heavy (non-hydrogen) atoms. The number of nitrogens with one attached hydrogen (secondary N) is 2. The average Bonchev–Trinajstić information content (AvgIpc) is 3.76. The maximum atomic E-state index is 5.18. The number of aryl methyl sites for hydroxylation is 1. The lowest BCUT2D eigenvalue weighted by Crippen LogP contribution is -2.43. The van der Waals surface area contributed by atoms with Crippen LogP contribution in [-0.2, 0) is 0 Å². The fourth-order valence-corrected chi connectivity index (χ4v) is 6.29. The molecule has 0 radical (unpaired) electrons. The topological polar surface area (TPSA) is 87.0 Å². The molecule has 186 valence electrons. The molecule has 6 heterocycles. The van der Waals surface area contributed by atoms with Gasteiger partial charge in [-0.05, 0) is 60.9 Å². The van der Waals surface area contributed by atoms with E-state index in [1.165, 1.54) is 17.7 Å². The summed E-state index contributed by atoms with van der Waals surface area (Å²) >= 11 is 0. The fourth-order valence-electron chi connectivity index (χ4n) is 6.29. The standard InChI is InChI=1S/C30H26N8/c1-18-13-21(37-17-20-14-22(37)15-33-20)5-6-23(18)27-9-12-32-30-28(24-3-2-4-26-25(24)16-34-35-26)29(36-38(27)30)19-7-10-31-11-8-19/h2-13,16,20,22,33H,14-15,17H2,1H3,(H,34,35)/t20-,22-/m0/s1. The third kappa shape index (κ3) is 3.20. The molecule has 4 aromatic heterocycles. The highest BCUT2D eigenvalue weighted by Crippen LogP contribution is 2.40. The molecule has 0 amide bonds. The Kier molecular flexibility index (Phi) is 4.66. The van der Waals surface area contributed by atoms with E-state index in [9.17, 15) is 0 Å². The first kappa shape index (κ1) is 21.5. The molecule has 0 unspecified atom stereocenters. The number of H-pyrrole nitrogens is 1. The Morgan fingerprint density at radius 3 is 2.71 bits per heavy atom. The zero-order valence-electron chi connectivity index (χ0n) is 21.0. The highest BCUT2D eigenvalue weighted by Gasteiger charge is 2.37. The molecule has 2 atom stereocenters.